The molecule has 0 spiro atoms. The number of amides is 1. The van der Waals surface area contributed by atoms with Gasteiger partial charge in [0.15, 0.2) is 5.96 Å². The average molecular weight is 333 g/mol. The fourth-order valence-corrected chi connectivity index (χ4v) is 2.43. The van der Waals surface area contributed by atoms with Crippen molar-refractivity contribution in [3.05, 3.63) is 35.4 Å². The summed E-state index contributed by atoms with van der Waals surface area (Å²) in [4.78, 5) is 18.3. The summed E-state index contributed by atoms with van der Waals surface area (Å²) in [5, 5.41) is 9.28. The number of nitrogens with one attached hydrogen (secondary N) is 3. The van der Waals surface area contributed by atoms with E-state index in [1.54, 1.807) is 14.1 Å². The molecule has 0 aromatic heterocycles. The van der Waals surface area contributed by atoms with Gasteiger partial charge in [-0.3, -0.25) is 9.79 Å². The molecule has 6 nitrogen and oxygen atoms in total. The van der Waals surface area contributed by atoms with Gasteiger partial charge in [0.25, 0.3) is 5.91 Å². The van der Waals surface area contributed by atoms with Crippen LogP contribution >= 0.6 is 0 Å². The van der Waals surface area contributed by atoms with Gasteiger partial charge in [-0.1, -0.05) is 26.0 Å². The van der Waals surface area contributed by atoms with Gasteiger partial charge >= 0.3 is 0 Å². The highest BCUT2D eigenvalue weighted by atomic mass is 16.1. The van der Waals surface area contributed by atoms with Crippen molar-refractivity contribution < 1.29 is 4.79 Å². The van der Waals surface area contributed by atoms with Gasteiger partial charge in [0.2, 0.25) is 0 Å². The third-order valence-corrected chi connectivity index (χ3v) is 3.96. The predicted molar refractivity (Wildman–Crippen MR) is 101 cm³/mol. The molecule has 0 fully saturated rings. The van der Waals surface area contributed by atoms with E-state index in [1.807, 2.05) is 24.3 Å². The Morgan fingerprint density at radius 1 is 1.17 bits per heavy atom. The second-order valence-corrected chi connectivity index (χ2v) is 5.48. The molecule has 0 heterocycles. The van der Waals surface area contributed by atoms with Crippen molar-refractivity contribution in [3.63, 3.8) is 0 Å². The summed E-state index contributed by atoms with van der Waals surface area (Å²) in [6.45, 7) is 9.10. The Kier molecular flexibility index (Phi) is 9.53. The molecule has 0 radical (unpaired) electrons. The minimum absolute atomic E-state index is 0.0568. The fraction of sp³-hybridized carbons (Fsp3) is 0.556. The van der Waals surface area contributed by atoms with Gasteiger partial charge in [-0.05, 0) is 37.2 Å². The second-order valence-electron chi connectivity index (χ2n) is 5.48. The number of carbonyl (C=O) groups is 1. The Morgan fingerprint density at radius 2 is 1.88 bits per heavy atom. The van der Waals surface area contributed by atoms with Crippen LogP contribution in [-0.4, -0.2) is 63.6 Å². The maximum Gasteiger partial charge on any atom is 0.251 e. The van der Waals surface area contributed by atoms with Crippen molar-refractivity contribution in [3.8, 4) is 0 Å². The van der Waals surface area contributed by atoms with E-state index in [9.17, 15) is 4.79 Å². The van der Waals surface area contributed by atoms with Gasteiger partial charge in [-0.15, -0.1) is 0 Å². The van der Waals surface area contributed by atoms with Gasteiger partial charge in [0.1, 0.15) is 0 Å². The summed E-state index contributed by atoms with van der Waals surface area (Å²) in [7, 11) is 3.42. The zero-order valence-corrected chi connectivity index (χ0v) is 15.4. The molecule has 0 atom stereocenters. The molecule has 3 N–H and O–H groups in total. The fourth-order valence-electron chi connectivity index (χ4n) is 2.43. The first-order chi connectivity index (χ1) is 11.6. The number of guanidine groups is 1. The highest BCUT2D eigenvalue weighted by molar-refractivity contribution is 5.94. The van der Waals surface area contributed by atoms with Crippen LogP contribution in [-0.2, 0) is 6.42 Å². The summed E-state index contributed by atoms with van der Waals surface area (Å²) in [6.07, 6.45) is 0.835. The Bertz CT molecular complexity index is 526. The lowest BCUT2D eigenvalue weighted by Gasteiger charge is -2.19. The lowest BCUT2D eigenvalue weighted by atomic mass is 10.1. The van der Waals surface area contributed by atoms with Gasteiger partial charge in [-0.25, -0.2) is 0 Å². The van der Waals surface area contributed by atoms with Crippen LogP contribution < -0.4 is 16.0 Å². The molecular weight excluding hydrogens is 302 g/mol. The van der Waals surface area contributed by atoms with Gasteiger partial charge < -0.3 is 20.9 Å². The number of nitrogens with zero attached hydrogens (tertiary/aromatic N) is 2. The molecule has 0 unspecified atom stereocenters. The van der Waals surface area contributed by atoms with E-state index in [-0.39, 0.29) is 5.91 Å². The van der Waals surface area contributed by atoms with Crippen LogP contribution in [0.4, 0.5) is 0 Å². The molecule has 0 aliphatic heterocycles. The van der Waals surface area contributed by atoms with Crippen LogP contribution in [0.3, 0.4) is 0 Å². The zero-order valence-electron chi connectivity index (χ0n) is 15.4. The number of benzene rings is 1. The van der Waals surface area contributed by atoms with E-state index in [1.165, 1.54) is 0 Å². The third kappa shape index (κ3) is 7.00. The van der Waals surface area contributed by atoms with E-state index < -0.39 is 0 Å². The molecule has 0 bridgehead atoms. The average Bonchev–Trinajstić information content (AvgIpc) is 2.63. The monoisotopic (exact) mass is 333 g/mol. The van der Waals surface area contributed by atoms with Crippen molar-refractivity contribution in [1.82, 2.24) is 20.9 Å². The van der Waals surface area contributed by atoms with E-state index >= 15 is 0 Å². The van der Waals surface area contributed by atoms with E-state index in [0.717, 1.165) is 50.7 Å². The molecule has 1 aromatic rings. The number of likely N-dealkylation sites (N-methyl/N-ethyl adjacent to an activating group) is 1. The Balaban J connectivity index is 2.38. The molecule has 24 heavy (non-hydrogen) atoms. The van der Waals surface area contributed by atoms with Crippen molar-refractivity contribution in [2.75, 3.05) is 46.8 Å². The lowest BCUT2D eigenvalue weighted by molar-refractivity contribution is 0.0963. The highest BCUT2D eigenvalue weighted by Crippen LogP contribution is 2.05. The molecule has 0 aliphatic carbocycles. The number of carbonyl (C=O) groups excluding carboxylic acids is 1. The van der Waals surface area contributed by atoms with Gasteiger partial charge in [0.05, 0.1) is 0 Å². The molecule has 134 valence electrons. The SMILES string of the molecule is CCN(CC)CCNC(=NC)NCCc1cccc(C(=O)NC)c1. The summed E-state index contributed by atoms with van der Waals surface area (Å²) in [5.41, 5.74) is 1.82. The lowest BCUT2D eigenvalue weighted by Crippen LogP contribution is -2.42. The van der Waals surface area contributed by atoms with E-state index in [0.29, 0.717) is 5.56 Å². The first kappa shape index (κ1) is 20.0. The smallest absolute Gasteiger partial charge is 0.251 e. The number of aliphatic imine (C=N–C) groups is 1. The number of hydrogen-bond donors (Lipinski definition) is 3. The molecule has 6 heteroatoms. The van der Waals surface area contributed by atoms with Crippen LogP contribution in [0.5, 0.6) is 0 Å². The Hall–Kier alpha value is -2.08. The Labute approximate surface area is 145 Å². The molecule has 0 saturated heterocycles. The second kappa shape index (κ2) is 11.5. The van der Waals surface area contributed by atoms with Crippen molar-refractivity contribution in [1.29, 1.82) is 0 Å². The van der Waals surface area contributed by atoms with Crippen LogP contribution in [0.25, 0.3) is 0 Å². The van der Waals surface area contributed by atoms with E-state index in [2.05, 4.69) is 39.7 Å². The predicted octanol–water partition coefficient (Wildman–Crippen LogP) is 1.10. The largest absolute Gasteiger partial charge is 0.356 e. The quantitative estimate of drug-likeness (QED) is 0.467. The maximum atomic E-state index is 11.7. The third-order valence-electron chi connectivity index (χ3n) is 3.96. The summed E-state index contributed by atoms with van der Waals surface area (Å²) in [6, 6.07) is 7.70. The van der Waals surface area contributed by atoms with Crippen molar-refractivity contribution in [2.45, 2.75) is 20.3 Å². The summed E-state index contributed by atoms with van der Waals surface area (Å²) in [5.74, 6) is 0.753. The Morgan fingerprint density at radius 3 is 2.50 bits per heavy atom. The molecule has 1 amide bonds. The van der Waals surface area contributed by atoms with Gasteiger partial charge in [-0.2, -0.15) is 0 Å². The molecule has 0 saturated carbocycles. The minimum atomic E-state index is -0.0568. The summed E-state index contributed by atoms with van der Waals surface area (Å²) < 4.78 is 0. The van der Waals surface area contributed by atoms with Gasteiger partial charge in [0, 0.05) is 39.3 Å². The maximum absolute atomic E-state index is 11.7. The standard InChI is InChI=1S/C18H31N5O/c1-5-23(6-2)13-12-22-18(20-4)21-11-10-15-8-7-9-16(14-15)17(24)19-3/h7-9,14H,5-6,10-13H2,1-4H3,(H,19,24)(H2,20,21,22). The van der Waals surface area contributed by atoms with Crippen LogP contribution in [0.1, 0.15) is 29.8 Å². The minimum Gasteiger partial charge on any atom is -0.356 e. The first-order valence-electron chi connectivity index (χ1n) is 8.62. The summed E-state index contributed by atoms with van der Waals surface area (Å²) >= 11 is 0. The number of hydrogen-bond acceptors (Lipinski definition) is 3. The first-order valence-corrected chi connectivity index (χ1v) is 8.62. The molecule has 1 rings (SSSR count). The van der Waals surface area contributed by atoms with Crippen LogP contribution in [0, 0.1) is 0 Å². The normalized spacial score (nSPS) is 11.5. The van der Waals surface area contributed by atoms with E-state index in [4.69, 9.17) is 0 Å². The van der Waals surface area contributed by atoms with Crippen molar-refractivity contribution in [2.24, 2.45) is 4.99 Å². The zero-order chi connectivity index (χ0) is 17.8. The van der Waals surface area contributed by atoms with Crippen molar-refractivity contribution >= 4 is 11.9 Å². The molecular formula is C18H31N5O. The molecule has 0 aliphatic rings. The van der Waals surface area contributed by atoms with Crippen LogP contribution in [0.2, 0.25) is 0 Å². The van der Waals surface area contributed by atoms with Crippen LogP contribution in [0.15, 0.2) is 29.3 Å². The molecule has 1 aromatic carbocycles. The highest BCUT2D eigenvalue weighted by Gasteiger charge is 2.04. The number of rotatable bonds is 9. The topological polar surface area (TPSA) is 68.8 Å².